The van der Waals surface area contributed by atoms with Crippen LogP contribution in [0.4, 0.5) is 0 Å². The van der Waals surface area contributed by atoms with E-state index in [4.69, 9.17) is 0 Å². The SMILES string of the molecule is CC[C@@]12CC[C@H]3[C@@H](CC[C@@H]4CC(=O)CC[C@@H]43)[C@@H]1CCC2=O. The summed E-state index contributed by atoms with van der Waals surface area (Å²) in [6.45, 7) is 2.24. The quantitative estimate of drug-likeness (QED) is 0.726. The number of rotatable bonds is 1. The predicted molar refractivity (Wildman–Crippen MR) is 81.7 cm³/mol. The van der Waals surface area contributed by atoms with Gasteiger partial charge in [0.15, 0.2) is 0 Å². The Bertz CT molecular complexity index is 468. The Hall–Kier alpha value is -0.660. The molecule has 0 aromatic carbocycles. The first-order valence-corrected chi connectivity index (χ1v) is 9.20. The monoisotopic (exact) mass is 288 g/mol. The number of fused-ring (bicyclic) bond motifs is 5. The Balaban J connectivity index is 1.60. The highest BCUT2D eigenvalue weighted by Gasteiger charge is 2.58. The van der Waals surface area contributed by atoms with E-state index < -0.39 is 0 Å². The van der Waals surface area contributed by atoms with E-state index in [1.807, 2.05) is 0 Å². The average Bonchev–Trinajstić information content (AvgIpc) is 2.84. The van der Waals surface area contributed by atoms with Crippen LogP contribution in [0.1, 0.15) is 71.1 Å². The summed E-state index contributed by atoms with van der Waals surface area (Å²) in [6, 6.07) is 0. The molecular formula is C19H28O2. The third-order valence-corrected chi connectivity index (χ3v) is 7.84. The van der Waals surface area contributed by atoms with Gasteiger partial charge in [-0.15, -0.1) is 0 Å². The molecule has 0 aromatic heterocycles. The summed E-state index contributed by atoms with van der Waals surface area (Å²) in [6.07, 6.45) is 10.8. The van der Waals surface area contributed by atoms with Gasteiger partial charge >= 0.3 is 0 Å². The van der Waals surface area contributed by atoms with Crippen molar-refractivity contribution in [2.24, 2.45) is 35.0 Å². The van der Waals surface area contributed by atoms with E-state index >= 15 is 0 Å². The molecular weight excluding hydrogens is 260 g/mol. The first-order chi connectivity index (χ1) is 10.2. The van der Waals surface area contributed by atoms with Gasteiger partial charge in [-0.25, -0.2) is 0 Å². The van der Waals surface area contributed by atoms with Crippen LogP contribution in [0.25, 0.3) is 0 Å². The standard InChI is InChI=1S/C19H28O2/c1-2-19-10-9-15-14-6-4-13(20)11-12(14)3-5-16(15)17(19)7-8-18(19)21/h12,14-17H,2-11H2,1H3/t12-,14+,15-,16-,17+,19-/m1/s1. The fourth-order valence-electron chi connectivity index (χ4n) is 6.88. The van der Waals surface area contributed by atoms with Gasteiger partial charge in [0.2, 0.25) is 0 Å². The molecule has 0 saturated heterocycles. The number of ketones is 2. The van der Waals surface area contributed by atoms with Crippen molar-refractivity contribution in [3.8, 4) is 0 Å². The third kappa shape index (κ3) is 1.90. The predicted octanol–water partition coefficient (Wildman–Crippen LogP) is 4.17. The maximum atomic E-state index is 12.5. The highest BCUT2D eigenvalue weighted by molar-refractivity contribution is 5.87. The second-order valence-electron chi connectivity index (χ2n) is 8.23. The molecule has 4 fully saturated rings. The van der Waals surface area contributed by atoms with Gasteiger partial charge in [-0.2, -0.15) is 0 Å². The largest absolute Gasteiger partial charge is 0.300 e. The van der Waals surface area contributed by atoms with E-state index in [9.17, 15) is 9.59 Å². The Morgan fingerprint density at radius 1 is 0.952 bits per heavy atom. The molecule has 0 aromatic rings. The van der Waals surface area contributed by atoms with Crippen LogP contribution in [-0.2, 0) is 9.59 Å². The maximum Gasteiger partial charge on any atom is 0.139 e. The van der Waals surface area contributed by atoms with Crippen LogP contribution < -0.4 is 0 Å². The summed E-state index contributed by atoms with van der Waals surface area (Å²) >= 11 is 0. The molecule has 0 unspecified atom stereocenters. The Kier molecular flexibility index (Phi) is 3.28. The molecule has 6 atom stereocenters. The summed E-state index contributed by atoms with van der Waals surface area (Å²) in [5.41, 5.74) is 0.0541. The van der Waals surface area contributed by atoms with Crippen LogP contribution in [0.2, 0.25) is 0 Å². The van der Waals surface area contributed by atoms with E-state index in [0.717, 1.165) is 62.7 Å². The highest BCUT2D eigenvalue weighted by Crippen LogP contribution is 2.62. The van der Waals surface area contributed by atoms with E-state index in [-0.39, 0.29) is 5.41 Å². The fourth-order valence-corrected chi connectivity index (χ4v) is 6.88. The van der Waals surface area contributed by atoms with Gasteiger partial charge in [0, 0.05) is 24.7 Å². The van der Waals surface area contributed by atoms with Gasteiger partial charge in [0.1, 0.15) is 11.6 Å². The van der Waals surface area contributed by atoms with Crippen molar-refractivity contribution in [3.05, 3.63) is 0 Å². The molecule has 21 heavy (non-hydrogen) atoms. The van der Waals surface area contributed by atoms with Crippen molar-refractivity contribution in [1.29, 1.82) is 0 Å². The molecule has 4 aliphatic carbocycles. The van der Waals surface area contributed by atoms with Crippen molar-refractivity contribution in [1.82, 2.24) is 0 Å². The maximum absolute atomic E-state index is 12.5. The zero-order valence-corrected chi connectivity index (χ0v) is 13.3. The van der Waals surface area contributed by atoms with Crippen LogP contribution >= 0.6 is 0 Å². The lowest BCUT2D eigenvalue weighted by molar-refractivity contribution is -0.136. The van der Waals surface area contributed by atoms with E-state index in [1.165, 1.54) is 19.3 Å². The Morgan fingerprint density at radius 3 is 2.62 bits per heavy atom. The van der Waals surface area contributed by atoms with Gasteiger partial charge in [-0.05, 0) is 74.5 Å². The molecule has 0 N–H and O–H groups in total. The van der Waals surface area contributed by atoms with E-state index in [1.54, 1.807) is 0 Å². The van der Waals surface area contributed by atoms with Crippen LogP contribution in [0.5, 0.6) is 0 Å². The lowest BCUT2D eigenvalue weighted by Crippen LogP contribution is -2.49. The van der Waals surface area contributed by atoms with Crippen molar-refractivity contribution in [3.63, 3.8) is 0 Å². The minimum Gasteiger partial charge on any atom is -0.300 e. The number of Topliss-reactive ketones (excluding diaryl/α,β-unsaturated/α-hetero) is 2. The summed E-state index contributed by atoms with van der Waals surface area (Å²) in [5.74, 6) is 4.85. The molecule has 0 bridgehead atoms. The molecule has 4 rings (SSSR count). The first kappa shape index (κ1) is 14.0. The lowest BCUT2D eigenvalue weighted by atomic mass is 9.50. The molecule has 2 heteroatoms. The lowest BCUT2D eigenvalue weighted by Gasteiger charge is -2.54. The molecule has 0 aliphatic heterocycles. The van der Waals surface area contributed by atoms with Gasteiger partial charge < -0.3 is 0 Å². The van der Waals surface area contributed by atoms with Gasteiger partial charge in [-0.3, -0.25) is 9.59 Å². The Labute approximate surface area is 128 Å². The van der Waals surface area contributed by atoms with Gasteiger partial charge in [0.25, 0.3) is 0 Å². The molecule has 0 spiro atoms. The zero-order valence-electron chi connectivity index (χ0n) is 13.3. The zero-order chi connectivity index (χ0) is 14.6. The van der Waals surface area contributed by atoms with Gasteiger partial charge in [-0.1, -0.05) is 6.92 Å². The molecule has 116 valence electrons. The second kappa shape index (κ2) is 4.93. The molecule has 4 saturated carbocycles. The first-order valence-electron chi connectivity index (χ1n) is 9.20. The minimum atomic E-state index is 0.0541. The summed E-state index contributed by atoms with van der Waals surface area (Å²) < 4.78 is 0. The fraction of sp³-hybridized carbons (Fsp3) is 0.895. The number of carbonyl (C=O) groups excluding carboxylic acids is 2. The number of hydrogen-bond donors (Lipinski definition) is 0. The summed E-state index contributed by atoms with van der Waals surface area (Å²) in [5, 5.41) is 0. The van der Waals surface area contributed by atoms with Crippen LogP contribution in [-0.4, -0.2) is 11.6 Å². The Morgan fingerprint density at radius 2 is 1.81 bits per heavy atom. The normalized spacial score (nSPS) is 49.5. The molecule has 0 radical (unpaired) electrons. The van der Waals surface area contributed by atoms with Crippen molar-refractivity contribution < 1.29 is 9.59 Å². The molecule has 0 heterocycles. The minimum absolute atomic E-state index is 0.0541. The van der Waals surface area contributed by atoms with E-state index in [0.29, 0.717) is 23.4 Å². The second-order valence-corrected chi connectivity index (χ2v) is 8.23. The molecule has 4 aliphatic rings. The number of carbonyl (C=O) groups is 2. The van der Waals surface area contributed by atoms with Crippen molar-refractivity contribution >= 4 is 11.6 Å². The highest BCUT2D eigenvalue weighted by atomic mass is 16.1. The molecule has 0 amide bonds. The number of hydrogen-bond acceptors (Lipinski definition) is 2. The average molecular weight is 288 g/mol. The topological polar surface area (TPSA) is 34.1 Å². The van der Waals surface area contributed by atoms with Crippen LogP contribution in [0.3, 0.4) is 0 Å². The third-order valence-electron chi connectivity index (χ3n) is 7.84. The summed E-state index contributed by atoms with van der Waals surface area (Å²) in [4.78, 5) is 24.3. The summed E-state index contributed by atoms with van der Waals surface area (Å²) in [7, 11) is 0. The smallest absolute Gasteiger partial charge is 0.139 e. The van der Waals surface area contributed by atoms with Crippen molar-refractivity contribution in [2.45, 2.75) is 71.1 Å². The van der Waals surface area contributed by atoms with Crippen LogP contribution in [0, 0.1) is 35.0 Å². The molecule has 2 nitrogen and oxygen atoms in total. The van der Waals surface area contributed by atoms with Gasteiger partial charge in [0.05, 0.1) is 0 Å². The van der Waals surface area contributed by atoms with E-state index in [2.05, 4.69) is 6.92 Å². The van der Waals surface area contributed by atoms with Crippen molar-refractivity contribution in [2.75, 3.05) is 0 Å². The van der Waals surface area contributed by atoms with Crippen LogP contribution in [0.15, 0.2) is 0 Å².